The van der Waals surface area contributed by atoms with E-state index in [1.807, 2.05) is 18.2 Å². The van der Waals surface area contributed by atoms with Gasteiger partial charge in [-0.3, -0.25) is 4.98 Å². The van der Waals surface area contributed by atoms with Gasteiger partial charge in [0.15, 0.2) is 0 Å². The maximum absolute atomic E-state index is 5.97. The smallest absolute Gasteiger partial charge is 0.137 e. The zero-order valence-corrected chi connectivity index (χ0v) is 10.2. The number of hydrogen-bond acceptors (Lipinski definition) is 3. The Morgan fingerprint density at radius 1 is 1.35 bits per heavy atom. The minimum Gasteiger partial charge on any atom is -0.495 e. The van der Waals surface area contributed by atoms with E-state index in [0.29, 0.717) is 17.2 Å². The number of hydrogen-bond donors (Lipinski definition) is 1. The molecule has 0 amide bonds. The minimum atomic E-state index is 0.607. The van der Waals surface area contributed by atoms with Gasteiger partial charge in [-0.15, -0.1) is 0 Å². The number of nitrogens with two attached hydrogens (primary N) is 1. The van der Waals surface area contributed by atoms with Gasteiger partial charge in [0.1, 0.15) is 5.75 Å². The Balaban J connectivity index is 2.28. The van der Waals surface area contributed by atoms with Crippen LogP contribution in [0.25, 0.3) is 0 Å². The molecule has 0 saturated carbocycles. The van der Waals surface area contributed by atoms with Crippen LogP contribution in [0.5, 0.6) is 5.75 Å². The number of nitrogens with zero attached hydrogens (tertiary/aromatic N) is 1. The summed E-state index contributed by atoms with van der Waals surface area (Å²) in [5, 5.41) is 0.607. The lowest BCUT2D eigenvalue weighted by atomic mass is 10.1. The molecule has 0 atom stereocenters. The fourth-order valence-corrected chi connectivity index (χ4v) is 1.81. The summed E-state index contributed by atoms with van der Waals surface area (Å²) in [4.78, 5) is 4.06. The van der Waals surface area contributed by atoms with Gasteiger partial charge < -0.3 is 10.5 Å². The largest absolute Gasteiger partial charge is 0.495 e. The highest BCUT2D eigenvalue weighted by Crippen LogP contribution is 2.26. The molecule has 0 unspecified atom stereocenters. The van der Waals surface area contributed by atoms with Crippen molar-refractivity contribution in [3.05, 3.63) is 52.8 Å². The summed E-state index contributed by atoms with van der Waals surface area (Å²) in [7, 11) is 1.60. The van der Waals surface area contributed by atoms with E-state index in [9.17, 15) is 0 Å². The molecule has 0 aliphatic heterocycles. The lowest BCUT2D eigenvalue weighted by molar-refractivity contribution is 0.414. The van der Waals surface area contributed by atoms with Gasteiger partial charge in [-0.25, -0.2) is 0 Å². The molecule has 3 nitrogen and oxygen atoms in total. The minimum absolute atomic E-state index is 0.607. The second-order valence-electron chi connectivity index (χ2n) is 3.72. The first-order valence-corrected chi connectivity index (χ1v) is 5.59. The third kappa shape index (κ3) is 2.68. The van der Waals surface area contributed by atoms with Gasteiger partial charge in [-0.2, -0.15) is 0 Å². The number of nitrogen functional groups attached to an aromatic ring is 1. The second kappa shape index (κ2) is 5.06. The van der Waals surface area contributed by atoms with Crippen LogP contribution in [0.2, 0.25) is 5.02 Å². The van der Waals surface area contributed by atoms with Crippen molar-refractivity contribution in [2.24, 2.45) is 0 Å². The molecule has 0 aliphatic carbocycles. The van der Waals surface area contributed by atoms with E-state index in [0.717, 1.165) is 16.8 Å². The molecule has 0 spiro atoms. The van der Waals surface area contributed by atoms with Crippen LogP contribution in [0, 0.1) is 0 Å². The van der Waals surface area contributed by atoms with Crippen molar-refractivity contribution in [2.45, 2.75) is 6.42 Å². The van der Waals surface area contributed by atoms with Crippen LogP contribution in [0.4, 0.5) is 5.69 Å². The highest BCUT2D eigenvalue weighted by atomic mass is 35.5. The van der Waals surface area contributed by atoms with Crippen LogP contribution in [-0.2, 0) is 6.42 Å². The Labute approximate surface area is 105 Å². The molecule has 88 valence electrons. The summed E-state index contributed by atoms with van der Waals surface area (Å²) in [5.74, 6) is 0.673. The maximum atomic E-state index is 5.97. The number of aromatic nitrogens is 1. The van der Waals surface area contributed by atoms with Gasteiger partial charge in [0, 0.05) is 24.5 Å². The number of anilines is 1. The molecule has 0 saturated heterocycles. The fourth-order valence-electron chi connectivity index (χ4n) is 1.62. The summed E-state index contributed by atoms with van der Waals surface area (Å²) in [5.41, 5.74) is 8.70. The summed E-state index contributed by atoms with van der Waals surface area (Å²) < 4.78 is 5.17. The van der Waals surface area contributed by atoms with Crippen molar-refractivity contribution in [1.82, 2.24) is 4.98 Å². The molecular weight excluding hydrogens is 236 g/mol. The Hall–Kier alpha value is -1.74. The molecule has 0 radical (unpaired) electrons. The van der Waals surface area contributed by atoms with E-state index >= 15 is 0 Å². The van der Waals surface area contributed by atoms with E-state index in [2.05, 4.69) is 4.98 Å². The summed E-state index contributed by atoms with van der Waals surface area (Å²) in [6.45, 7) is 0. The van der Waals surface area contributed by atoms with E-state index in [1.165, 1.54) is 0 Å². The first-order valence-electron chi connectivity index (χ1n) is 5.21. The predicted octanol–water partition coefficient (Wildman–Crippen LogP) is 2.92. The van der Waals surface area contributed by atoms with E-state index in [-0.39, 0.29) is 0 Å². The standard InChI is InChI=1S/C13H13ClN2O/c1-17-13-7-9(2-3-11(13)14)6-10-8-16-5-4-12(10)15/h2-5,7-8H,6H2,1H3,(H2,15,16). The van der Waals surface area contributed by atoms with Crippen molar-refractivity contribution in [2.75, 3.05) is 12.8 Å². The van der Waals surface area contributed by atoms with Gasteiger partial charge in [-0.05, 0) is 29.3 Å². The van der Waals surface area contributed by atoms with Crippen LogP contribution in [-0.4, -0.2) is 12.1 Å². The molecular formula is C13H13ClN2O. The highest BCUT2D eigenvalue weighted by Gasteiger charge is 2.05. The molecule has 2 N–H and O–H groups in total. The van der Waals surface area contributed by atoms with Crippen molar-refractivity contribution in [3.63, 3.8) is 0 Å². The maximum Gasteiger partial charge on any atom is 0.137 e. The van der Waals surface area contributed by atoms with Crippen molar-refractivity contribution < 1.29 is 4.74 Å². The number of pyridine rings is 1. The van der Waals surface area contributed by atoms with E-state index in [4.69, 9.17) is 22.1 Å². The molecule has 0 fully saturated rings. The molecule has 2 aromatic rings. The van der Waals surface area contributed by atoms with Crippen molar-refractivity contribution in [3.8, 4) is 5.75 Å². The Morgan fingerprint density at radius 3 is 2.88 bits per heavy atom. The topological polar surface area (TPSA) is 48.1 Å². The average Bonchev–Trinajstić information content (AvgIpc) is 2.34. The molecule has 17 heavy (non-hydrogen) atoms. The first kappa shape index (κ1) is 11.7. The monoisotopic (exact) mass is 248 g/mol. The molecule has 0 aliphatic rings. The van der Waals surface area contributed by atoms with Gasteiger partial charge >= 0.3 is 0 Å². The first-order chi connectivity index (χ1) is 8.20. The van der Waals surface area contributed by atoms with Gasteiger partial charge in [0.25, 0.3) is 0 Å². The van der Waals surface area contributed by atoms with Crippen LogP contribution in [0.3, 0.4) is 0 Å². The number of methoxy groups -OCH3 is 1. The molecule has 2 rings (SSSR count). The lowest BCUT2D eigenvalue weighted by Crippen LogP contribution is -1.97. The third-order valence-corrected chi connectivity index (χ3v) is 2.86. The normalized spacial score (nSPS) is 10.2. The predicted molar refractivity (Wildman–Crippen MR) is 69.5 cm³/mol. The molecule has 1 heterocycles. The highest BCUT2D eigenvalue weighted by molar-refractivity contribution is 6.32. The van der Waals surface area contributed by atoms with Crippen LogP contribution < -0.4 is 10.5 Å². The lowest BCUT2D eigenvalue weighted by Gasteiger charge is -2.08. The molecule has 1 aromatic heterocycles. The summed E-state index contributed by atoms with van der Waals surface area (Å²) in [6.07, 6.45) is 4.17. The zero-order chi connectivity index (χ0) is 12.3. The van der Waals surface area contributed by atoms with Crippen LogP contribution >= 0.6 is 11.6 Å². The Kier molecular flexibility index (Phi) is 3.49. The number of ether oxygens (including phenoxy) is 1. The quantitative estimate of drug-likeness (QED) is 0.909. The van der Waals surface area contributed by atoms with Crippen molar-refractivity contribution >= 4 is 17.3 Å². The second-order valence-corrected chi connectivity index (χ2v) is 4.13. The van der Waals surface area contributed by atoms with Gasteiger partial charge in [0.05, 0.1) is 12.1 Å². The van der Waals surface area contributed by atoms with E-state index in [1.54, 1.807) is 25.6 Å². The van der Waals surface area contributed by atoms with E-state index < -0.39 is 0 Å². The average molecular weight is 249 g/mol. The van der Waals surface area contributed by atoms with Crippen LogP contribution in [0.15, 0.2) is 36.7 Å². The third-order valence-electron chi connectivity index (χ3n) is 2.55. The summed E-state index contributed by atoms with van der Waals surface area (Å²) >= 11 is 5.97. The van der Waals surface area contributed by atoms with Crippen molar-refractivity contribution in [1.29, 1.82) is 0 Å². The van der Waals surface area contributed by atoms with Gasteiger partial charge in [-0.1, -0.05) is 17.7 Å². The number of rotatable bonds is 3. The number of halogens is 1. The summed E-state index contributed by atoms with van der Waals surface area (Å²) in [6, 6.07) is 7.48. The Morgan fingerprint density at radius 2 is 2.18 bits per heavy atom. The molecule has 0 bridgehead atoms. The van der Waals surface area contributed by atoms with Gasteiger partial charge in [0.2, 0.25) is 0 Å². The number of benzene rings is 1. The molecule has 4 heteroatoms. The SMILES string of the molecule is COc1cc(Cc2cnccc2N)ccc1Cl. The fraction of sp³-hybridized carbons (Fsp3) is 0.154. The zero-order valence-electron chi connectivity index (χ0n) is 9.48. The Bertz CT molecular complexity index is 529. The van der Waals surface area contributed by atoms with Crippen LogP contribution in [0.1, 0.15) is 11.1 Å². The molecule has 1 aromatic carbocycles.